The quantitative estimate of drug-likeness (QED) is 0.494. The van der Waals surface area contributed by atoms with E-state index in [1.54, 1.807) is 24.3 Å². The van der Waals surface area contributed by atoms with Crippen molar-refractivity contribution in [2.75, 3.05) is 18.4 Å². The zero-order valence-corrected chi connectivity index (χ0v) is 17.6. The van der Waals surface area contributed by atoms with Gasteiger partial charge in [-0.05, 0) is 18.6 Å². The molecule has 170 valence electrons. The number of carbonyl (C=O) groups is 3. The normalized spacial score (nSPS) is 16.6. The molecule has 1 atom stereocenters. The van der Waals surface area contributed by atoms with Crippen LogP contribution in [0.15, 0.2) is 30.5 Å². The third-order valence-electron chi connectivity index (χ3n) is 5.15. The van der Waals surface area contributed by atoms with E-state index in [1.165, 1.54) is 12.3 Å². The summed E-state index contributed by atoms with van der Waals surface area (Å²) < 4.78 is 27.1. The summed E-state index contributed by atoms with van der Waals surface area (Å²) in [6, 6.07) is 6.83. The number of carbonyl (C=O) groups excluding carboxylic acids is 3. The second-order valence-electron chi connectivity index (χ2n) is 7.58. The molecule has 3 amide bonds. The molecule has 1 aromatic heterocycles. The Labute approximate surface area is 189 Å². The first kappa shape index (κ1) is 23.6. The number of rotatable bonds is 7. The summed E-state index contributed by atoms with van der Waals surface area (Å²) in [6.07, 6.45) is 7.11. The lowest BCUT2D eigenvalue weighted by atomic mass is 10.1. The van der Waals surface area contributed by atoms with E-state index < -0.39 is 43.3 Å². The zero-order chi connectivity index (χ0) is 24.0. The highest BCUT2D eigenvalue weighted by molar-refractivity contribution is 6.10. The third-order valence-corrected chi connectivity index (χ3v) is 5.15. The van der Waals surface area contributed by atoms with Crippen LogP contribution in [-0.4, -0.2) is 52.7 Å². The van der Waals surface area contributed by atoms with Gasteiger partial charge < -0.3 is 15.5 Å². The number of aromatic nitrogens is 1. The highest BCUT2D eigenvalue weighted by Crippen LogP contribution is 2.31. The predicted molar refractivity (Wildman–Crippen MR) is 116 cm³/mol. The Morgan fingerprint density at radius 1 is 1.30 bits per heavy atom. The summed E-state index contributed by atoms with van der Waals surface area (Å²) in [5.41, 5.74) is 0.991. The molecule has 0 saturated carbocycles. The molecule has 0 spiro atoms. The molecule has 10 heteroatoms. The van der Waals surface area contributed by atoms with Crippen LogP contribution in [0.4, 0.5) is 14.5 Å². The third kappa shape index (κ3) is 5.60. The minimum atomic E-state index is -3.14. The van der Waals surface area contributed by atoms with Gasteiger partial charge in [0, 0.05) is 30.8 Å². The van der Waals surface area contributed by atoms with Crippen molar-refractivity contribution in [2.24, 2.45) is 0 Å². The van der Waals surface area contributed by atoms with Crippen LogP contribution in [0.2, 0.25) is 0 Å². The number of likely N-dealkylation sites (tertiary alicyclic amines) is 1. The van der Waals surface area contributed by atoms with Gasteiger partial charge in [0.1, 0.15) is 6.04 Å². The molecule has 0 aliphatic carbocycles. The fourth-order valence-electron chi connectivity index (χ4n) is 3.59. The molecule has 2 N–H and O–H groups in total. The van der Waals surface area contributed by atoms with Crippen LogP contribution in [0.3, 0.4) is 0 Å². The fraction of sp³-hybridized carbons (Fsp3) is 0.348. The molecule has 1 fully saturated rings. The van der Waals surface area contributed by atoms with Crippen molar-refractivity contribution in [1.82, 2.24) is 15.2 Å². The number of halogens is 2. The Bertz CT molecular complexity index is 1170. The average molecular weight is 453 g/mol. The predicted octanol–water partition coefficient (Wildman–Crippen LogP) is 2.47. The maximum Gasteiger partial charge on any atom is 0.268 e. The van der Waals surface area contributed by atoms with E-state index in [1.807, 2.05) is 0 Å². The summed E-state index contributed by atoms with van der Waals surface area (Å²) >= 11 is 0. The number of nitrogens with one attached hydrogen (secondary N) is 2. The van der Waals surface area contributed by atoms with Crippen molar-refractivity contribution in [3.05, 3.63) is 36.0 Å². The van der Waals surface area contributed by atoms with E-state index in [0.29, 0.717) is 29.4 Å². The molecule has 8 nitrogen and oxygen atoms in total. The largest absolute Gasteiger partial charge is 0.343 e. The van der Waals surface area contributed by atoms with Crippen LogP contribution in [0.5, 0.6) is 0 Å². The first-order valence-electron chi connectivity index (χ1n) is 10.2. The number of alkyl halides is 2. The number of amides is 3. The lowest BCUT2D eigenvalue weighted by molar-refractivity contribution is -0.131. The number of pyridine rings is 1. The van der Waals surface area contributed by atoms with Crippen LogP contribution in [-0.2, 0) is 9.59 Å². The second-order valence-corrected chi connectivity index (χ2v) is 7.58. The lowest BCUT2D eigenvalue weighted by Gasteiger charge is -2.19. The molecular weight excluding hydrogens is 432 g/mol. The number of unbranched alkanes of at least 4 members (excludes halogenated alkanes) is 1. The topological polar surface area (TPSA) is 115 Å². The number of fused-ring (bicyclic) bond motifs is 1. The van der Waals surface area contributed by atoms with Crippen molar-refractivity contribution < 1.29 is 23.2 Å². The standard InChI is InChI=1S/C23H21F2N5O3/c1-2-3-4-8-19(31)29-18-7-5-6-16-17(9-10-27-21(16)18)22(33)28-13-20(32)30-14-23(24,25)11-15(30)12-26/h1,5-7,9-10,15H,3-4,8,11,13-14H2,(H,28,33)(H,29,31). The molecule has 2 aromatic rings. The van der Waals surface area contributed by atoms with Crippen molar-refractivity contribution in [3.63, 3.8) is 0 Å². The van der Waals surface area contributed by atoms with Gasteiger partial charge in [0.15, 0.2) is 0 Å². The number of nitriles is 1. The van der Waals surface area contributed by atoms with Gasteiger partial charge in [0.2, 0.25) is 11.8 Å². The van der Waals surface area contributed by atoms with Gasteiger partial charge in [-0.3, -0.25) is 19.4 Å². The van der Waals surface area contributed by atoms with Crippen molar-refractivity contribution in [2.45, 2.75) is 37.6 Å². The minimum Gasteiger partial charge on any atom is -0.343 e. The monoisotopic (exact) mass is 453 g/mol. The molecule has 2 heterocycles. The molecule has 3 rings (SSSR count). The van der Waals surface area contributed by atoms with Crippen LogP contribution in [0, 0.1) is 23.7 Å². The SMILES string of the molecule is C#CCCCC(=O)Nc1cccc2c(C(=O)NCC(=O)N3CC(F)(F)CC3C#N)ccnc12. The van der Waals surface area contributed by atoms with Gasteiger partial charge in [-0.2, -0.15) is 5.26 Å². The number of hydrogen-bond acceptors (Lipinski definition) is 5. The molecule has 1 aliphatic heterocycles. The molecule has 1 aliphatic rings. The summed E-state index contributed by atoms with van der Waals surface area (Å²) in [5.74, 6) is -2.30. The van der Waals surface area contributed by atoms with Gasteiger partial charge in [-0.25, -0.2) is 8.78 Å². The van der Waals surface area contributed by atoms with E-state index in [4.69, 9.17) is 11.7 Å². The Hall–Kier alpha value is -4.05. The maximum atomic E-state index is 13.6. The van der Waals surface area contributed by atoms with Gasteiger partial charge in [0.05, 0.1) is 35.9 Å². The molecular formula is C23H21F2N5O3. The number of anilines is 1. The number of para-hydroxylation sites is 1. The van der Waals surface area contributed by atoms with E-state index in [2.05, 4.69) is 21.5 Å². The lowest BCUT2D eigenvalue weighted by Crippen LogP contribution is -2.43. The summed E-state index contributed by atoms with van der Waals surface area (Å²) in [4.78, 5) is 42.2. The number of nitrogens with zero attached hydrogens (tertiary/aromatic N) is 3. The Kier molecular flexibility index (Phi) is 7.19. The molecule has 33 heavy (non-hydrogen) atoms. The number of benzene rings is 1. The van der Waals surface area contributed by atoms with Gasteiger partial charge in [0.25, 0.3) is 11.8 Å². The highest BCUT2D eigenvalue weighted by atomic mass is 19.3. The Balaban J connectivity index is 1.72. The Morgan fingerprint density at radius 2 is 2.09 bits per heavy atom. The summed E-state index contributed by atoms with van der Waals surface area (Å²) in [5, 5.41) is 14.6. The number of terminal acetylenes is 1. The smallest absolute Gasteiger partial charge is 0.268 e. The first-order valence-corrected chi connectivity index (χ1v) is 10.2. The van der Waals surface area contributed by atoms with Gasteiger partial charge >= 0.3 is 0 Å². The zero-order valence-electron chi connectivity index (χ0n) is 17.6. The van der Waals surface area contributed by atoms with Crippen LogP contribution in [0.1, 0.15) is 36.0 Å². The van der Waals surface area contributed by atoms with Crippen molar-refractivity contribution in [1.29, 1.82) is 5.26 Å². The maximum absolute atomic E-state index is 13.6. The average Bonchev–Trinajstić information content (AvgIpc) is 3.12. The molecule has 1 unspecified atom stereocenters. The summed E-state index contributed by atoms with van der Waals surface area (Å²) in [7, 11) is 0. The molecule has 1 aromatic carbocycles. The first-order chi connectivity index (χ1) is 15.8. The number of hydrogen-bond donors (Lipinski definition) is 2. The fourth-order valence-corrected chi connectivity index (χ4v) is 3.59. The van der Waals surface area contributed by atoms with E-state index in [9.17, 15) is 23.2 Å². The summed E-state index contributed by atoms with van der Waals surface area (Å²) in [6.45, 7) is -1.40. The van der Waals surface area contributed by atoms with Crippen LogP contribution >= 0.6 is 0 Å². The van der Waals surface area contributed by atoms with Crippen molar-refractivity contribution in [3.8, 4) is 18.4 Å². The van der Waals surface area contributed by atoms with E-state index in [0.717, 1.165) is 4.90 Å². The van der Waals surface area contributed by atoms with Gasteiger partial charge in [-0.15, -0.1) is 12.3 Å². The van der Waals surface area contributed by atoms with Crippen LogP contribution < -0.4 is 10.6 Å². The molecule has 1 saturated heterocycles. The Morgan fingerprint density at radius 3 is 2.82 bits per heavy atom. The second kappa shape index (κ2) is 10.0. The minimum absolute atomic E-state index is 0.194. The van der Waals surface area contributed by atoms with Gasteiger partial charge in [-0.1, -0.05) is 12.1 Å². The van der Waals surface area contributed by atoms with Crippen LogP contribution in [0.25, 0.3) is 10.9 Å². The van der Waals surface area contributed by atoms with E-state index >= 15 is 0 Å². The molecule has 0 bridgehead atoms. The highest BCUT2D eigenvalue weighted by Gasteiger charge is 2.47. The molecule has 0 radical (unpaired) electrons. The van der Waals surface area contributed by atoms with E-state index in [-0.39, 0.29) is 17.9 Å². The van der Waals surface area contributed by atoms with Crippen molar-refractivity contribution >= 4 is 34.3 Å².